The molecule has 2 aromatic carbocycles. The van der Waals surface area contributed by atoms with Crippen LogP contribution in [0.5, 0.6) is 0 Å². The fourth-order valence-electron chi connectivity index (χ4n) is 5.03. The van der Waals surface area contributed by atoms with Gasteiger partial charge in [0.15, 0.2) is 0 Å². The number of halogens is 3. The van der Waals surface area contributed by atoms with Crippen LogP contribution in [0.4, 0.5) is 23.7 Å². The zero-order valence-electron chi connectivity index (χ0n) is 21.9. The first-order chi connectivity index (χ1) is 17.8. The van der Waals surface area contributed by atoms with Crippen molar-refractivity contribution in [2.75, 3.05) is 18.4 Å². The van der Waals surface area contributed by atoms with Gasteiger partial charge in [0.05, 0.1) is 29.4 Å². The maximum absolute atomic E-state index is 13.8. The van der Waals surface area contributed by atoms with Crippen molar-refractivity contribution < 1.29 is 27.6 Å². The number of benzene rings is 2. The Kier molecular flexibility index (Phi) is 7.27. The highest BCUT2D eigenvalue weighted by atomic mass is 19.4. The molecule has 0 aromatic heterocycles. The SMILES string of the molecule is CCN1C(=O)NC(c2ccc(C(F)(F)F)cc2)C2=C1CN(C(C(=O)Nc1ccc(C)c(C)c1)C(C)C)C2=O. The molecule has 2 aliphatic heterocycles. The van der Waals surface area contributed by atoms with E-state index in [4.69, 9.17) is 0 Å². The van der Waals surface area contributed by atoms with Gasteiger partial charge < -0.3 is 15.5 Å². The number of carbonyl (C=O) groups excluding carboxylic acids is 3. The number of anilines is 1. The van der Waals surface area contributed by atoms with Gasteiger partial charge in [0.1, 0.15) is 6.04 Å². The third-order valence-electron chi connectivity index (χ3n) is 7.15. The molecule has 2 unspecified atom stereocenters. The summed E-state index contributed by atoms with van der Waals surface area (Å²) in [4.78, 5) is 43.1. The van der Waals surface area contributed by atoms with E-state index >= 15 is 0 Å². The lowest BCUT2D eigenvalue weighted by Gasteiger charge is -2.33. The third kappa shape index (κ3) is 4.99. The number of nitrogens with one attached hydrogen (secondary N) is 2. The van der Waals surface area contributed by atoms with Gasteiger partial charge in [-0.3, -0.25) is 14.5 Å². The predicted molar refractivity (Wildman–Crippen MR) is 137 cm³/mol. The van der Waals surface area contributed by atoms with Crippen LogP contribution >= 0.6 is 0 Å². The van der Waals surface area contributed by atoms with Crippen molar-refractivity contribution in [2.45, 2.75) is 52.9 Å². The van der Waals surface area contributed by atoms with E-state index in [9.17, 15) is 27.6 Å². The first kappa shape index (κ1) is 27.2. The number of rotatable bonds is 6. The van der Waals surface area contributed by atoms with Gasteiger partial charge in [-0.2, -0.15) is 13.2 Å². The molecule has 0 saturated heterocycles. The molecule has 2 N–H and O–H groups in total. The van der Waals surface area contributed by atoms with Crippen LogP contribution in [-0.2, 0) is 15.8 Å². The summed E-state index contributed by atoms with van der Waals surface area (Å²) in [7, 11) is 0. The van der Waals surface area contributed by atoms with Crippen LogP contribution in [0.15, 0.2) is 53.7 Å². The largest absolute Gasteiger partial charge is 0.416 e. The average molecular weight is 529 g/mol. The van der Waals surface area contributed by atoms with Crippen LogP contribution in [0.25, 0.3) is 0 Å². The van der Waals surface area contributed by atoms with Crippen molar-refractivity contribution in [1.29, 1.82) is 0 Å². The molecule has 4 rings (SSSR count). The first-order valence-corrected chi connectivity index (χ1v) is 12.5. The van der Waals surface area contributed by atoms with E-state index in [1.54, 1.807) is 13.0 Å². The van der Waals surface area contributed by atoms with E-state index in [0.29, 0.717) is 16.9 Å². The van der Waals surface area contributed by atoms with E-state index in [1.807, 2.05) is 39.8 Å². The lowest BCUT2D eigenvalue weighted by Crippen LogP contribution is -2.49. The van der Waals surface area contributed by atoms with E-state index < -0.39 is 35.8 Å². The summed E-state index contributed by atoms with van der Waals surface area (Å²) in [6, 6.07) is 7.74. The third-order valence-corrected chi connectivity index (χ3v) is 7.15. The van der Waals surface area contributed by atoms with Crippen molar-refractivity contribution in [1.82, 2.24) is 15.1 Å². The number of hydrogen-bond donors (Lipinski definition) is 2. The molecule has 0 radical (unpaired) electrons. The number of aryl methyl sites for hydroxylation is 2. The number of urea groups is 1. The predicted octanol–water partition coefficient (Wildman–Crippen LogP) is 5.17. The van der Waals surface area contributed by atoms with E-state index in [-0.39, 0.29) is 30.5 Å². The molecule has 0 fully saturated rings. The number of carbonyl (C=O) groups is 3. The number of alkyl halides is 3. The highest BCUT2D eigenvalue weighted by Crippen LogP contribution is 2.39. The summed E-state index contributed by atoms with van der Waals surface area (Å²) in [5.74, 6) is -1.04. The molecule has 0 spiro atoms. The second-order valence-corrected chi connectivity index (χ2v) is 10.0. The Morgan fingerprint density at radius 1 is 1.08 bits per heavy atom. The number of amides is 4. The van der Waals surface area contributed by atoms with Crippen molar-refractivity contribution in [3.63, 3.8) is 0 Å². The van der Waals surface area contributed by atoms with Crippen LogP contribution in [0, 0.1) is 19.8 Å². The molecule has 2 atom stereocenters. The number of hydrogen-bond acceptors (Lipinski definition) is 3. The Morgan fingerprint density at radius 2 is 1.74 bits per heavy atom. The maximum Gasteiger partial charge on any atom is 0.416 e. The van der Waals surface area contributed by atoms with Crippen LogP contribution in [0.3, 0.4) is 0 Å². The summed E-state index contributed by atoms with van der Waals surface area (Å²) in [6.45, 7) is 9.67. The van der Waals surface area contributed by atoms with Gasteiger partial charge in [-0.05, 0) is 67.6 Å². The normalized spacial score (nSPS) is 18.6. The molecule has 2 aliphatic rings. The molecular formula is C28H31F3N4O3. The number of nitrogens with zero attached hydrogens (tertiary/aromatic N) is 2. The first-order valence-electron chi connectivity index (χ1n) is 12.5. The highest BCUT2D eigenvalue weighted by molar-refractivity contribution is 6.05. The van der Waals surface area contributed by atoms with Crippen LogP contribution in [0.2, 0.25) is 0 Å². The summed E-state index contributed by atoms with van der Waals surface area (Å²) in [6.07, 6.45) is -4.51. The molecule has 38 heavy (non-hydrogen) atoms. The van der Waals surface area contributed by atoms with Gasteiger partial charge in [0, 0.05) is 12.2 Å². The van der Waals surface area contributed by atoms with Crippen LogP contribution in [0.1, 0.15) is 49.1 Å². The minimum Gasteiger partial charge on any atom is -0.326 e. The molecule has 2 heterocycles. The molecule has 10 heteroatoms. The van der Waals surface area contributed by atoms with E-state index in [0.717, 1.165) is 23.3 Å². The zero-order chi connectivity index (χ0) is 27.9. The molecule has 2 aromatic rings. The average Bonchev–Trinajstić information content (AvgIpc) is 3.16. The molecule has 0 bridgehead atoms. The summed E-state index contributed by atoms with van der Waals surface area (Å²) in [5.41, 5.74) is 2.96. The number of likely N-dealkylation sites (N-methyl/N-ethyl adjacent to an activating group) is 1. The Balaban J connectivity index is 1.67. The zero-order valence-corrected chi connectivity index (χ0v) is 21.9. The van der Waals surface area contributed by atoms with Crippen LogP contribution in [-0.4, -0.2) is 46.8 Å². The Labute approximate surface area is 219 Å². The summed E-state index contributed by atoms with van der Waals surface area (Å²) >= 11 is 0. The van der Waals surface area contributed by atoms with Crippen molar-refractivity contribution >= 4 is 23.5 Å². The molecular weight excluding hydrogens is 497 g/mol. The van der Waals surface area contributed by atoms with E-state index in [2.05, 4.69) is 10.6 Å². The van der Waals surface area contributed by atoms with Gasteiger partial charge in [-0.15, -0.1) is 0 Å². The topological polar surface area (TPSA) is 81.8 Å². The standard InChI is InChI=1S/C28H31F3N4O3/c1-6-34-21-14-35(24(15(2)3)25(36)32-20-12-7-16(4)17(5)13-20)26(37)22(21)23(33-27(34)38)18-8-10-19(11-9-18)28(29,30)31/h7-13,15,23-24H,6,14H2,1-5H3,(H,32,36)(H,33,38). The van der Waals surface area contributed by atoms with E-state index in [1.165, 1.54) is 21.9 Å². The van der Waals surface area contributed by atoms with Gasteiger partial charge >= 0.3 is 12.2 Å². The van der Waals surface area contributed by atoms with Gasteiger partial charge in [-0.25, -0.2) is 4.79 Å². The van der Waals surface area contributed by atoms with Gasteiger partial charge in [0.2, 0.25) is 5.91 Å². The van der Waals surface area contributed by atoms with Crippen molar-refractivity contribution in [3.8, 4) is 0 Å². The second kappa shape index (κ2) is 10.2. The van der Waals surface area contributed by atoms with Gasteiger partial charge in [-0.1, -0.05) is 32.0 Å². The molecule has 4 amide bonds. The molecule has 202 valence electrons. The second-order valence-electron chi connectivity index (χ2n) is 10.0. The summed E-state index contributed by atoms with van der Waals surface area (Å²) < 4.78 is 39.3. The fraction of sp³-hybridized carbons (Fsp3) is 0.393. The fourth-order valence-corrected chi connectivity index (χ4v) is 5.03. The quantitative estimate of drug-likeness (QED) is 0.543. The molecule has 0 saturated carbocycles. The Hall–Kier alpha value is -3.82. The maximum atomic E-state index is 13.8. The Morgan fingerprint density at radius 3 is 2.29 bits per heavy atom. The Bertz CT molecular complexity index is 1300. The minimum absolute atomic E-state index is 0.0375. The lowest BCUT2D eigenvalue weighted by molar-refractivity contribution is -0.137. The highest BCUT2D eigenvalue weighted by Gasteiger charge is 2.47. The summed E-state index contributed by atoms with van der Waals surface area (Å²) in [5, 5.41) is 5.68. The monoisotopic (exact) mass is 528 g/mol. The van der Waals surface area contributed by atoms with Crippen molar-refractivity contribution in [3.05, 3.63) is 76.0 Å². The smallest absolute Gasteiger partial charge is 0.326 e. The molecule has 0 aliphatic carbocycles. The minimum atomic E-state index is -4.51. The van der Waals surface area contributed by atoms with Crippen molar-refractivity contribution in [2.24, 2.45) is 5.92 Å². The van der Waals surface area contributed by atoms with Gasteiger partial charge in [0.25, 0.3) is 5.91 Å². The lowest BCUT2D eigenvalue weighted by atomic mass is 9.94. The van der Waals surface area contributed by atoms with Crippen LogP contribution < -0.4 is 10.6 Å². The molecule has 7 nitrogen and oxygen atoms in total.